The largest absolute Gasteiger partial charge is 0.481 e. The molecule has 0 saturated carbocycles. The number of carboxylic acid groups (broad SMARTS) is 1. The molecule has 4 N–H and O–H groups in total. The van der Waals surface area contributed by atoms with E-state index in [2.05, 4.69) is 24.6 Å². The molecule has 7 heteroatoms. The zero-order valence-electron chi connectivity index (χ0n) is 12.3. The summed E-state index contributed by atoms with van der Waals surface area (Å²) in [6, 6.07) is 0.115. The fourth-order valence-corrected chi connectivity index (χ4v) is 2.46. The summed E-state index contributed by atoms with van der Waals surface area (Å²) >= 11 is 0. The highest BCUT2D eigenvalue weighted by Gasteiger charge is 2.28. The van der Waals surface area contributed by atoms with Crippen LogP contribution in [-0.4, -0.2) is 51.5 Å². The van der Waals surface area contributed by atoms with Gasteiger partial charge in [0.15, 0.2) is 0 Å². The van der Waals surface area contributed by atoms with Crippen LogP contribution < -0.4 is 10.7 Å². The van der Waals surface area contributed by atoms with Gasteiger partial charge in [0, 0.05) is 18.6 Å². The Morgan fingerprint density at radius 1 is 1.30 bits per heavy atom. The summed E-state index contributed by atoms with van der Waals surface area (Å²) in [5, 5.41) is 22.9. The van der Waals surface area contributed by atoms with Gasteiger partial charge in [0.2, 0.25) is 0 Å². The zero-order chi connectivity index (χ0) is 15.3. The van der Waals surface area contributed by atoms with Gasteiger partial charge in [-0.3, -0.25) is 10.2 Å². The lowest BCUT2D eigenvalue weighted by atomic mass is 10.00. The Bertz CT molecular complexity index is 350. The molecule has 0 aromatic heterocycles. The number of carbonyl (C=O) groups is 2. The number of hydrazine groups is 1. The number of rotatable bonds is 5. The number of hydrogen-bond donors (Lipinski definition) is 4. The number of aliphatic hydroxyl groups is 1. The highest BCUT2D eigenvalue weighted by molar-refractivity contribution is 5.73. The molecule has 0 bridgehead atoms. The van der Waals surface area contributed by atoms with Crippen LogP contribution in [0.15, 0.2) is 0 Å². The van der Waals surface area contributed by atoms with E-state index in [0.717, 1.165) is 19.3 Å². The predicted molar refractivity (Wildman–Crippen MR) is 74.0 cm³/mol. The third-order valence-corrected chi connectivity index (χ3v) is 3.59. The molecule has 2 amide bonds. The van der Waals surface area contributed by atoms with Crippen LogP contribution in [0.4, 0.5) is 4.79 Å². The normalized spacial score (nSPS) is 26.6. The molecule has 116 valence electrons. The maximum absolute atomic E-state index is 11.8. The Balaban J connectivity index is 2.41. The molecule has 0 aromatic carbocycles. The molecule has 7 nitrogen and oxygen atoms in total. The van der Waals surface area contributed by atoms with Gasteiger partial charge in [-0.05, 0) is 33.6 Å². The fraction of sp³-hybridized carbons (Fsp3) is 0.846. The Labute approximate surface area is 119 Å². The summed E-state index contributed by atoms with van der Waals surface area (Å²) < 4.78 is 0. The molecule has 0 aliphatic carbocycles. The van der Waals surface area contributed by atoms with E-state index in [1.54, 1.807) is 0 Å². The van der Waals surface area contributed by atoms with Gasteiger partial charge in [0.1, 0.15) is 0 Å². The Morgan fingerprint density at radius 3 is 2.35 bits per heavy atom. The van der Waals surface area contributed by atoms with Gasteiger partial charge in [-0.25, -0.2) is 9.80 Å². The number of urea groups is 1. The average molecular weight is 287 g/mol. The molecule has 3 unspecified atom stereocenters. The van der Waals surface area contributed by atoms with Gasteiger partial charge in [-0.15, -0.1) is 0 Å². The zero-order valence-corrected chi connectivity index (χ0v) is 12.3. The number of aliphatic carboxylic acids is 1. The maximum atomic E-state index is 11.8. The van der Waals surface area contributed by atoms with Gasteiger partial charge in [0.25, 0.3) is 0 Å². The van der Waals surface area contributed by atoms with Crippen molar-refractivity contribution in [1.29, 1.82) is 0 Å². The predicted octanol–water partition coefficient (Wildman–Crippen LogP) is 0.689. The van der Waals surface area contributed by atoms with Crippen LogP contribution in [0.25, 0.3) is 0 Å². The number of amides is 2. The first-order valence-electron chi connectivity index (χ1n) is 6.98. The number of carboxylic acids is 1. The number of nitrogens with zero attached hydrogens (tertiary/aromatic N) is 1. The van der Waals surface area contributed by atoms with Crippen molar-refractivity contribution < 1.29 is 19.8 Å². The van der Waals surface area contributed by atoms with Crippen LogP contribution in [-0.2, 0) is 4.79 Å². The SMILES string of the molecule is CC1CCCC(C)N1NC(=O)NCC(C)(O)CC(=O)O. The molecule has 0 spiro atoms. The van der Waals surface area contributed by atoms with Crippen molar-refractivity contribution in [3.63, 3.8) is 0 Å². The van der Waals surface area contributed by atoms with Crippen molar-refractivity contribution in [2.45, 2.75) is 64.1 Å². The number of hydrogen-bond acceptors (Lipinski definition) is 4. The van der Waals surface area contributed by atoms with E-state index in [1.165, 1.54) is 6.92 Å². The molecule has 1 heterocycles. The molecule has 1 rings (SSSR count). The monoisotopic (exact) mass is 287 g/mol. The molecule has 1 aliphatic heterocycles. The van der Waals surface area contributed by atoms with Crippen molar-refractivity contribution in [2.75, 3.05) is 6.54 Å². The second-order valence-corrected chi connectivity index (χ2v) is 5.90. The van der Waals surface area contributed by atoms with Gasteiger partial charge >= 0.3 is 12.0 Å². The molecule has 0 radical (unpaired) electrons. The topological polar surface area (TPSA) is 102 Å². The van der Waals surface area contributed by atoms with Crippen molar-refractivity contribution in [3.8, 4) is 0 Å². The highest BCUT2D eigenvalue weighted by Crippen LogP contribution is 2.20. The van der Waals surface area contributed by atoms with Gasteiger partial charge in [-0.1, -0.05) is 6.42 Å². The Morgan fingerprint density at radius 2 is 1.85 bits per heavy atom. The molecular formula is C13H25N3O4. The maximum Gasteiger partial charge on any atom is 0.329 e. The second-order valence-electron chi connectivity index (χ2n) is 5.90. The van der Waals surface area contributed by atoms with Crippen LogP contribution in [0.2, 0.25) is 0 Å². The van der Waals surface area contributed by atoms with Gasteiger partial charge in [-0.2, -0.15) is 0 Å². The van der Waals surface area contributed by atoms with E-state index >= 15 is 0 Å². The van der Waals surface area contributed by atoms with Gasteiger partial charge < -0.3 is 15.5 Å². The third kappa shape index (κ3) is 5.34. The van der Waals surface area contributed by atoms with Gasteiger partial charge in [0.05, 0.1) is 12.0 Å². The summed E-state index contributed by atoms with van der Waals surface area (Å²) in [5.74, 6) is -1.10. The minimum Gasteiger partial charge on any atom is -0.481 e. The fourth-order valence-electron chi connectivity index (χ4n) is 2.46. The smallest absolute Gasteiger partial charge is 0.329 e. The standard InChI is InChI=1S/C13H25N3O4/c1-9-5-4-6-10(2)16(9)15-12(19)14-8-13(3,20)7-11(17)18/h9-10,20H,4-8H2,1-3H3,(H,17,18)(H2,14,15,19). The lowest BCUT2D eigenvalue weighted by Gasteiger charge is -2.38. The van der Waals surface area contributed by atoms with Crippen molar-refractivity contribution in [3.05, 3.63) is 0 Å². The van der Waals surface area contributed by atoms with Crippen molar-refractivity contribution in [1.82, 2.24) is 15.8 Å². The molecule has 1 aliphatic rings. The summed E-state index contributed by atoms with van der Waals surface area (Å²) in [4.78, 5) is 22.4. The first-order valence-corrected chi connectivity index (χ1v) is 6.98. The number of nitrogens with one attached hydrogen (secondary N) is 2. The second kappa shape index (κ2) is 6.90. The van der Waals surface area contributed by atoms with Crippen molar-refractivity contribution in [2.24, 2.45) is 0 Å². The average Bonchev–Trinajstić information content (AvgIpc) is 2.30. The number of piperidine rings is 1. The molecule has 1 fully saturated rings. The summed E-state index contributed by atoms with van der Waals surface area (Å²) in [5.41, 5.74) is 1.31. The van der Waals surface area contributed by atoms with Crippen LogP contribution >= 0.6 is 0 Å². The lowest BCUT2D eigenvalue weighted by Crippen LogP contribution is -2.57. The van der Waals surface area contributed by atoms with Crippen LogP contribution in [0.1, 0.15) is 46.5 Å². The Hall–Kier alpha value is -1.34. The molecule has 0 aromatic rings. The minimum atomic E-state index is -1.46. The number of carbonyl (C=O) groups excluding carboxylic acids is 1. The minimum absolute atomic E-state index is 0.109. The van der Waals surface area contributed by atoms with Crippen LogP contribution in [0.5, 0.6) is 0 Å². The van der Waals surface area contributed by atoms with Crippen LogP contribution in [0.3, 0.4) is 0 Å². The molecule has 3 atom stereocenters. The Kier molecular flexibility index (Phi) is 5.76. The first-order chi connectivity index (χ1) is 9.21. The van der Waals surface area contributed by atoms with E-state index in [4.69, 9.17) is 5.11 Å². The molecule has 1 saturated heterocycles. The molecule has 20 heavy (non-hydrogen) atoms. The summed E-state index contributed by atoms with van der Waals surface area (Å²) in [6.45, 7) is 5.38. The van der Waals surface area contributed by atoms with E-state index in [-0.39, 0.29) is 18.6 Å². The highest BCUT2D eigenvalue weighted by atomic mass is 16.4. The van der Waals surface area contributed by atoms with Crippen LogP contribution in [0, 0.1) is 0 Å². The van der Waals surface area contributed by atoms with Crippen molar-refractivity contribution >= 4 is 12.0 Å². The van der Waals surface area contributed by atoms with E-state index in [1.807, 2.05) is 5.01 Å². The first kappa shape index (κ1) is 16.7. The summed E-state index contributed by atoms with van der Waals surface area (Å²) in [7, 11) is 0. The summed E-state index contributed by atoms with van der Waals surface area (Å²) in [6.07, 6.45) is 2.79. The van der Waals surface area contributed by atoms with E-state index in [0.29, 0.717) is 0 Å². The molecular weight excluding hydrogens is 262 g/mol. The third-order valence-electron chi connectivity index (χ3n) is 3.59. The van der Waals surface area contributed by atoms with E-state index in [9.17, 15) is 14.7 Å². The quantitative estimate of drug-likeness (QED) is 0.596. The van der Waals surface area contributed by atoms with E-state index < -0.39 is 24.0 Å². The lowest BCUT2D eigenvalue weighted by molar-refractivity contribution is -0.141.